The summed E-state index contributed by atoms with van der Waals surface area (Å²) in [7, 11) is 0. The van der Waals surface area contributed by atoms with Crippen LogP contribution < -0.4 is 0 Å². The minimum Gasteiger partial charge on any atom is -0.508 e. The van der Waals surface area contributed by atoms with E-state index in [4.69, 9.17) is 0 Å². The molecule has 0 heterocycles. The number of phenolic OH excluding ortho intramolecular Hbond substituents is 2. The average molecular weight is 361 g/mol. The molecule has 0 atom stereocenters. The molecule has 2 N–H and O–H groups in total. The Hall–Kier alpha value is -1.18. The van der Waals surface area contributed by atoms with Gasteiger partial charge in [0.25, 0.3) is 0 Å². The average Bonchev–Trinajstić information content (AvgIpc) is 3.28. The molecule has 148 valence electrons. The maximum absolute atomic E-state index is 10.3. The van der Waals surface area contributed by atoms with Gasteiger partial charge in [-0.1, -0.05) is 53.4 Å². The Kier molecular flexibility index (Phi) is 7.43. The van der Waals surface area contributed by atoms with Crippen LogP contribution in [0.15, 0.2) is 12.1 Å². The second-order valence-corrected chi connectivity index (χ2v) is 10.1. The third-order valence-electron chi connectivity index (χ3n) is 6.05. The largest absolute Gasteiger partial charge is 0.508 e. The van der Waals surface area contributed by atoms with Crippen molar-refractivity contribution in [2.45, 2.75) is 105 Å². The highest BCUT2D eigenvalue weighted by Crippen LogP contribution is 2.49. The number of benzene rings is 1. The lowest BCUT2D eigenvalue weighted by Crippen LogP contribution is -2.04. The number of hydrogen-bond acceptors (Lipinski definition) is 2. The van der Waals surface area contributed by atoms with Gasteiger partial charge >= 0.3 is 0 Å². The number of unbranched alkanes of at least 4 members (excludes halogenated alkanes) is 4. The molecular formula is C24H40O2. The Morgan fingerprint density at radius 2 is 1.31 bits per heavy atom. The molecule has 0 saturated heterocycles. The lowest BCUT2D eigenvalue weighted by Gasteiger charge is -2.18. The first-order valence-corrected chi connectivity index (χ1v) is 10.7. The van der Waals surface area contributed by atoms with E-state index in [1.54, 1.807) is 12.1 Å². The van der Waals surface area contributed by atoms with Crippen molar-refractivity contribution in [2.75, 3.05) is 0 Å². The van der Waals surface area contributed by atoms with Crippen molar-refractivity contribution in [2.24, 2.45) is 10.8 Å². The van der Waals surface area contributed by atoms with E-state index in [1.165, 1.54) is 51.4 Å². The van der Waals surface area contributed by atoms with Crippen molar-refractivity contribution in [3.05, 3.63) is 23.3 Å². The molecule has 1 aliphatic carbocycles. The van der Waals surface area contributed by atoms with E-state index in [1.807, 2.05) is 0 Å². The third kappa shape index (κ3) is 7.21. The first-order chi connectivity index (χ1) is 12.2. The quantitative estimate of drug-likeness (QED) is 0.325. The van der Waals surface area contributed by atoms with E-state index in [-0.39, 0.29) is 0 Å². The van der Waals surface area contributed by atoms with Gasteiger partial charge in [0, 0.05) is 11.1 Å². The lowest BCUT2D eigenvalue weighted by molar-refractivity contribution is 0.357. The summed E-state index contributed by atoms with van der Waals surface area (Å²) in [6.45, 7) is 9.26. The van der Waals surface area contributed by atoms with Gasteiger partial charge in [0.05, 0.1) is 0 Å². The molecule has 0 aliphatic heterocycles. The van der Waals surface area contributed by atoms with Crippen LogP contribution in [-0.4, -0.2) is 10.2 Å². The van der Waals surface area contributed by atoms with E-state index < -0.39 is 0 Å². The summed E-state index contributed by atoms with van der Waals surface area (Å²) in [5, 5.41) is 20.6. The summed E-state index contributed by atoms with van der Waals surface area (Å²) in [5.74, 6) is 0.723. The zero-order valence-electron chi connectivity index (χ0n) is 17.5. The van der Waals surface area contributed by atoms with E-state index in [0.29, 0.717) is 22.3 Å². The van der Waals surface area contributed by atoms with E-state index in [9.17, 15) is 10.2 Å². The summed E-state index contributed by atoms with van der Waals surface area (Å²) < 4.78 is 0. The van der Waals surface area contributed by atoms with Crippen LogP contribution in [0, 0.1) is 10.8 Å². The molecule has 0 aromatic heterocycles. The first-order valence-electron chi connectivity index (χ1n) is 10.7. The van der Waals surface area contributed by atoms with Crippen molar-refractivity contribution >= 4 is 0 Å². The van der Waals surface area contributed by atoms with Crippen molar-refractivity contribution in [3.8, 4) is 11.5 Å². The molecule has 0 amide bonds. The number of rotatable bonds is 11. The van der Waals surface area contributed by atoms with Crippen LogP contribution in [0.1, 0.15) is 103 Å². The highest BCUT2D eigenvalue weighted by atomic mass is 16.3. The van der Waals surface area contributed by atoms with Gasteiger partial charge in [-0.25, -0.2) is 0 Å². The SMILES string of the molecule is CC(C)(C)CCCCCc1c(O)ccc(O)c1CCCCCC1(C)CC1. The Labute approximate surface area is 161 Å². The zero-order valence-corrected chi connectivity index (χ0v) is 17.5. The molecule has 0 unspecified atom stereocenters. The molecule has 2 nitrogen and oxygen atoms in total. The Balaban J connectivity index is 1.80. The van der Waals surface area contributed by atoms with Crippen LogP contribution >= 0.6 is 0 Å². The molecule has 0 radical (unpaired) electrons. The topological polar surface area (TPSA) is 40.5 Å². The molecule has 2 heteroatoms. The van der Waals surface area contributed by atoms with E-state index in [2.05, 4.69) is 27.7 Å². The maximum atomic E-state index is 10.3. The standard InChI is InChI=1S/C24H40O2/c1-23(2,3)15-9-5-7-11-19-20(22(26)14-13-21(19)25)12-8-6-10-16-24(4)17-18-24/h13-14,25-26H,5-12,15-18H2,1-4H3. The maximum Gasteiger partial charge on any atom is 0.119 e. The van der Waals surface area contributed by atoms with Gasteiger partial charge in [-0.2, -0.15) is 0 Å². The zero-order chi connectivity index (χ0) is 19.2. The molecule has 26 heavy (non-hydrogen) atoms. The molecular weight excluding hydrogens is 320 g/mol. The van der Waals surface area contributed by atoms with Gasteiger partial charge in [0.2, 0.25) is 0 Å². The van der Waals surface area contributed by atoms with Crippen molar-refractivity contribution < 1.29 is 10.2 Å². The lowest BCUT2D eigenvalue weighted by atomic mass is 9.88. The van der Waals surface area contributed by atoms with Crippen LogP contribution in [0.5, 0.6) is 11.5 Å². The second kappa shape index (κ2) is 9.15. The Morgan fingerprint density at radius 1 is 0.808 bits per heavy atom. The Morgan fingerprint density at radius 3 is 1.77 bits per heavy atom. The molecule has 0 bridgehead atoms. The monoisotopic (exact) mass is 360 g/mol. The molecule has 0 spiro atoms. The number of hydrogen-bond donors (Lipinski definition) is 2. The summed E-state index contributed by atoms with van der Waals surface area (Å²) in [6.07, 6.45) is 14.3. The van der Waals surface area contributed by atoms with Crippen LogP contribution in [0.2, 0.25) is 0 Å². The number of phenols is 2. The highest BCUT2D eigenvalue weighted by molar-refractivity contribution is 5.47. The second-order valence-electron chi connectivity index (χ2n) is 10.1. The van der Waals surface area contributed by atoms with E-state index in [0.717, 1.165) is 36.8 Å². The van der Waals surface area contributed by atoms with Crippen molar-refractivity contribution in [1.82, 2.24) is 0 Å². The predicted molar refractivity (Wildman–Crippen MR) is 111 cm³/mol. The van der Waals surface area contributed by atoms with Crippen LogP contribution in [-0.2, 0) is 12.8 Å². The summed E-state index contributed by atoms with van der Waals surface area (Å²) >= 11 is 0. The van der Waals surface area contributed by atoms with Gasteiger partial charge in [0.1, 0.15) is 11.5 Å². The van der Waals surface area contributed by atoms with Crippen molar-refractivity contribution in [3.63, 3.8) is 0 Å². The molecule has 2 rings (SSSR count). The fraction of sp³-hybridized carbons (Fsp3) is 0.750. The number of aromatic hydroxyl groups is 2. The normalized spacial score (nSPS) is 16.0. The summed E-state index contributed by atoms with van der Waals surface area (Å²) in [4.78, 5) is 0. The van der Waals surface area contributed by atoms with Crippen LogP contribution in [0.25, 0.3) is 0 Å². The fourth-order valence-electron chi connectivity index (χ4n) is 3.85. The van der Waals surface area contributed by atoms with Crippen LogP contribution in [0.3, 0.4) is 0 Å². The molecule has 1 aliphatic rings. The van der Waals surface area contributed by atoms with Gasteiger partial charge in [-0.3, -0.25) is 0 Å². The minimum atomic E-state index is 0.360. The molecule has 1 fully saturated rings. The van der Waals surface area contributed by atoms with Gasteiger partial charge in [0.15, 0.2) is 0 Å². The van der Waals surface area contributed by atoms with Gasteiger partial charge in [-0.15, -0.1) is 0 Å². The predicted octanol–water partition coefficient (Wildman–Crippen LogP) is 7.15. The first kappa shape index (κ1) is 21.1. The molecule has 1 aromatic carbocycles. The van der Waals surface area contributed by atoms with Crippen molar-refractivity contribution in [1.29, 1.82) is 0 Å². The molecule has 1 saturated carbocycles. The summed E-state index contributed by atoms with van der Waals surface area (Å²) in [5.41, 5.74) is 3.01. The minimum absolute atomic E-state index is 0.360. The van der Waals surface area contributed by atoms with Crippen LogP contribution in [0.4, 0.5) is 0 Å². The Bertz CT molecular complexity index is 524. The smallest absolute Gasteiger partial charge is 0.119 e. The van der Waals surface area contributed by atoms with Gasteiger partial charge in [-0.05, 0) is 74.3 Å². The third-order valence-corrected chi connectivity index (χ3v) is 6.05. The summed E-state index contributed by atoms with van der Waals surface area (Å²) in [6, 6.07) is 3.30. The molecule has 1 aromatic rings. The van der Waals surface area contributed by atoms with E-state index >= 15 is 0 Å². The highest BCUT2D eigenvalue weighted by Gasteiger charge is 2.35. The van der Waals surface area contributed by atoms with Gasteiger partial charge < -0.3 is 10.2 Å². The fourth-order valence-corrected chi connectivity index (χ4v) is 3.85.